The second-order valence-corrected chi connectivity index (χ2v) is 9.99. The number of nitrogens with zero attached hydrogens (tertiary/aromatic N) is 2. The predicted octanol–water partition coefficient (Wildman–Crippen LogP) is 0.258. The quantitative estimate of drug-likeness (QED) is 0.00788. The molecule has 0 saturated carbocycles. The first-order valence-corrected chi connectivity index (χ1v) is 18.1. The van der Waals surface area contributed by atoms with Gasteiger partial charge in [0.15, 0.2) is 5.84 Å². The van der Waals surface area contributed by atoms with Crippen LogP contribution >= 0.6 is 23.3 Å². The second kappa shape index (κ2) is 40.2. The number of amides is 2. The average Bonchev–Trinajstić information content (AvgIpc) is 3.14. The van der Waals surface area contributed by atoms with Gasteiger partial charge in [-0.2, -0.15) is 6.41 Å². The van der Waals surface area contributed by atoms with Gasteiger partial charge in [-0.25, -0.2) is 0 Å². The molecule has 0 fully saturated rings. The van der Waals surface area contributed by atoms with Gasteiger partial charge in [0.2, 0.25) is 5.91 Å². The maximum atomic E-state index is 12.1. The summed E-state index contributed by atoms with van der Waals surface area (Å²) in [6.45, 7) is 10.6. The first kappa shape index (κ1) is 50.5. The monoisotopic (exact) mass is 1020 g/mol. The zero-order valence-electron chi connectivity index (χ0n) is 29.9. The minimum Gasteiger partial charge on any atom is -0.528 e. The Morgan fingerprint density at radius 2 is 1.00 bits per heavy atom. The number of hydrogen-bond acceptors (Lipinski definition) is 15. The Morgan fingerprint density at radius 3 is 1.37 bits per heavy atom. The number of amidine groups is 2. The fraction of sp³-hybridized carbons (Fsp3) is 0.688. The Balaban J connectivity index is 0. The zero-order valence-corrected chi connectivity index (χ0v) is 34.1. The average molecular weight is 1020 g/mol. The van der Waals surface area contributed by atoms with Crippen molar-refractivity contribution >= 4 is 47.3 Å². The summed E-state index contributed by atoms with van der Waals surface area (Å²) < 4.78 is 48.8. The molecule has 52 heavy (non-hydrogen) atoms. The van der Waals surface area contributed by atoms with E-state index in [1.807, 2.05) is 12.1 Å². The van der Waals surface area contributed by atoms with E-state index in [2.05, 4.69) is 44.2 Å². The summed E-state index contributed by atoms with van der Waals surface area (Å²) in [5, 5.41) is 12.8. The molecule has 17 nitrogen and oxygen atoms in total. The van der Waals surface area contributed by atoms with Gasteiger partial charge in [-0.05, 0) is 12.5 Å². The molecule has 0 atom stereocenters. The van der Waals surface area contributed by atoms with Crippen LogP contribution in [0.25, 0.3) is 0 Å². The third kappa shape index (κ3) is 34.9. The Morgan fingerprint density at radius 1 is 0.635 bits per heavy atom. The Hall–Kier alpha value is -3.56. The number of benzene rings is 1. The summed E-state index contributed by atoms with van der Waals surface area (Å²) in [7, 11) is 0. The van der Waals surface area contributed by atoms with Crippen molar-refractivity contribution < 1.29 is 52.2 Å². The maximum absolute atomic E-state index is 12.1. The molecule has 1 aromatic carbocycles. The maximum Gasteiger partial charge on any atom is 0.222 e. The van der Waals surface area contributed by atoms with Crippen LogP contribution in [0.5, 0.6) is 0 Å². The summed E-state index contributed by atoms with van der Waals surface area (Å²) >= 11 is 6.44. The number of rotatable bonds is 35. The van der Waals surface area contributed by atoms with Crippen LogP contribution in [0.4, 0.5) is 0 Å². The summed E-state index contributed by atoms with van der Waals surface area (Å²) in [6, 6.07) is 7.33. The minimum atomic E-state index is -0.104. The number of carbonyl (C=O) groups excluding carboxylic acids is 2. The number of ether oxygens (including phenoxy) is 9. The fourth-order valence-corrected chi connectivity index (χ4v) is 3.47. The van der Waals surface area contributed by atoms with Gasteiger partial charge in [-0.1, -0.05) is 24.3 Å². The van der Waals surface area contributed by atoms with Crippen LogP contribution in [0.1, 0.15) is 24.5 Å². The van der Waals surface area contributed by atoms with E-state index in [0.717, 1.165) is 5.56 Å². The summed E-state index contributed by atoms with van der Waals surface area (Å²) in [4.78, 5) is 22.0. The molecule has 0 radical (unpaired) electrons. The van der Waals surface area contributed by atoms with E-state index in [1.165, 1.54) is 0 Å². The molecule has 0 saturated heterocycles. The standard InChI is InChI=1S/C32H55N6O11.Fm.H2S2/c1-28(33)37-38-32(34)30-4-2-29(3-5-30)26-36-31(40)6-8-41-10-12-43-14-16-45-18-20-47-22-24-49-25-23-48-21-19-46-17-15-44-13-11-42-9-7-35-27-39;;1-2/h2-5H,6-26H2,1H3,(H2,33,37)(H2,34,38)(H,35,39)(H,36,40);;1-2H/q-1;;. The van der Waals surface area contributed by atoms with Crippen LogP contribution in [0.2, 0.25) is 0 Å². The van der Waals surface area contributed by atoms with E-state index in [1.54, 1.807) is 25.5 Å². The molecule has 6 N–H and O–H groups in total. The third-order valence-corrected chi connectivity index (χ3v) is 5.95. The summed E-state index contributed by atoms with van der Waals surface area (Å²) in [5.41, 5.74) is 13.0. The van der Waals surface area contributed by atoms with Crippen LogP contribution in [0.15, 0.2) is 34.5 Å². The number of hydrogen-bond donors (Lipinski definition) is 6. The molecule has 0 bridgehead atoms. The van der Waals surface area contributed by atoms with E-state index in [-0.39, 0.29) is 18.2 Å². The van der Waals surface area contributed by atoms with E-state index in [0.29, 0.717) is 143 Å². The van der Waals surface area contributed by atoms with Gasteiger partial charge in [-0.3, -0.25) is 4.79 Å². The first-order chi connectivity index (χ1) is 25.0. The van der Waals surface area contributed by atoms with Crippen molar-refractivity contribution in [1.82, 2.24) is 10.6 Å². The van der Waals surface area contributed by atoms with E-state index in [9.17, 15) is 9.59 Å². The Bertz CT molecular complexity index is 1020. The van der Waals surface area contributed by atoms with Crippen molar-refractivity contribution in [2.75, 3.05) is 125 Å². The van der Waals surface area contributed by atoms with Gasteiger partial charge >= 0.3 is 0 Å². The molecular formula is C32H57FmN6O11S2-. The van der Waals surface area contributed by atoms with E-state index >= 15 is 0 Å². The predicted molar refractivity (Wildman–Crippen MR) is 200 cm³/mol. The van der Waals surface area contributed by atoms with E-state index < -0.39 is 0 Å². The summed E-state index contributed by atoms with van der Waals surface area (Å²) in [6.07, 6.45) is 1.83. The van der Waals surface area contributed by atoms with Crippen molar-refractivity contribution in [3.8, 4) is 0 Å². The van der Waals surface area contributed by atoms with Gasteiger partial charge in [0.05, 0.1) is 119 Å². The Kier molecular flexibility index (Phi) is 39.1. The van der Waals surface area contributed by atoms with Crippen LogP contribution in [-0.2, 0) is 58.8 Å². The number of thiol groups is 2. The summed E-state index contributed by atoms with van der Waals surface area (Å²) in [5.74, 6) is 0.476. The normalized spacial score (nSPS) is 11.4. The molecule has 1 rings (SSSR count). The number of nitrogens with one attached hydrogen (secondary N) is 2. The molecule has 0 aliphatic carbocycles. The van der Waals surface area contributed by atoms with Crippen molar-refractivity contribution in [2.45, 2.75) is 19.9 Å². The van der Waals surface area contributed by atoms with E-state index in [4.69, 9.17) is 54.1 Å². The topological polar surface area (TPSA) is 218 Å². The third-order valence-electron chi connectivity index (χ3n) is 5.95. The number of carbonyl (C=O) groups is 1. The molecular weight excluding hydrogens is 966 g/mol. The van der Waals surface area contributed by atoms with Crippen LogP contribution in [0, 0.1) is 0 Å². The van der Waals surface area contributed by atoms with Crippen molar-refractivity contribution in [2.24, 2.45) is 21.7 Å². The first-order valence-electron chi connectivity index (χ1n) is 16.5. The molecule has 0 unspecified atom stereocenters. The molecule has 0 aliphatic heterocycles. The van der Waals surface area contributed by atoms with Crippen LogP contribution < -0.4 is 22.1 Å². The molecule has 0 heterocycles. The van der Waals surface area contributed by atoms with Gasteiger partial charge in [0, 0.05) is 25.1 Å². The van der Waals surface area contributed by atoms with Gasteiger partial charge in [0.25, 0.3) is 0 Å². The molecule has 306 valence electrons. The Labute approximate surface area is 312 Å². The van der Waals surface area contributed by atoms with Crippen molar-refractivity contribution in [3.05, 3.63) is 35.4 Å². The molecule has 0 spiro atoms. The molecule has 20 heteroatoms. The van der Waals surface area contributed by atoms with Gasteiger partial charge < -0.3 is 69.5 Å². The minimum absolute atomic E-state index is 0. The fourth-order valence-electron chi connectivity index (χ4n) is 3.47. The smallest absolute Gasteiger partial charge is 0.222 e. The SMILES string of the molecule is C/C(N)=N/N=C(\N)c1ccc(CNC(=O)CCOCCOCCOCCOCCOCCOCCOCCOCCOCCN[C-]=O)cc1.SS.[Fm]. The van der Waals surface area contributed by atoms with Crippen LogP contribution in [0.3, 0.4) is 0 Å². The molecule has 0 aromatic heterocycles. The van der Waals surface area contributed by atoms with Crippen molar-refractivity contribution in [3.63, 3.8) is 0 Å². The zero-order chi connectivity index (χ0) is 37.5. The van der Waals surface area contributed by atoms with Gasteiger partial charge in [-0.15, -0.1) is 33.5 Å². The van der Waals surface area contributed by atoms with Crippen LogP contribution in [-0.4, -0.2) is 149 Å². The molecule has 1 aromatic rings. The molecule has 0 aliphatic rings. The number of nitrogens with two attached hydrogens (primary N) is 2. The second-order valence-electron chi connectivity index (χ2n) is 9.99. The molecule has 2 amide bonds. The van der Waals surface area contributed by atoms with Gasteiger partial charge in [0.1, 0.15) is 5.84 Å². The van der Waals surface area contributed by atoms with Crippen molar-refractivity contribution in [1.29, 1.82) is 0 Å². The largest absolute Gasteiger partial charge is 0.528 e.